The Bertz CT molecular complexity index is 689. The molecule has 2 aromatic rings. The van der Waals surface area contributed by atoms with Crippen LogP contribution < -0.4 is 11.1 Å². The minimum absolute atomic E-state index is 0.186. The number of nitrogen functional groups attached to an aromatic ring is 1. The van der Waals surface area contributed by atoms with E-state index in [9.17, 15) is 13.6 Å². The Hall–Kier alpha value is -2.44. The van der Waals surface area contributed by atoms with Gasteiger partial charge in [0.2, 0.25) is 0 Å². The molecule has 1 aromatic carbocycles. The Morgan fingerprint density at radius 2 is 2.00 bits per heavy atom. The second-order valence-corrected chi connectivity index (χ2v) is 5.70. The third-order valence-electron chi connectivity index (χ3n) is 2.98. The molecule has 1 heterocycles. The van der Waals surface area contributed by atoms with E-state index in [1.807, 2.05) is 20.8 Å². The molecule has 5 nitrogen and oxygen atoms in total. The van der Waals surface area contributed by atoms with Crippen LogP contribution in [0.2, 0.25) is 0 Å². The summed E-state index contributed by atoms with van der Waals surface area (Å²) in [6.07, 6.45) is 0. The number of aromatic amines is 1. The third-order valence-corrected chi connectivity index (χ3v) is 2.98. The average molecular weight is 294 g/mol. The lowest BCUT2D eigenvalue weighted by Crippen LogP contribution is -2.17. The molecule has 0 spiro atoms. The lowest BCUT2D eigenvalue weighted by Gasteiger charge is -2.14. The maximum atomic E-state index is 13.8. The van der Waals surface area contributed by atoms with Crippen molar-refractivity contribution in [2.75, 3.05) is 11.1 Å². The van der Waals surface area contributed by atoms with E-state index in [0.717, 1.165) is 17.8 Å². The molecule has 0 unspecified atom stereocenters. The Balaban J connectivity index is 2.27. The highest BCUT2D eigenvalue weighted by Crippen LogP contribution is 2.23. The summed E-state index contributed by atoms with van der Waals surface area (Å²) >= 11 is 0. The zero-order valence-corrected chi connectivity index (χ0v) is 11.9. The summed E-state index contributed by atoms with van der Waals surface area (Å²) in [5, 5.41) is 9.01. The van der Waals surface area contributed by atoms with Crippen molar-refractivity contribution in [1.29, 1.82) is 0 Å². The first-order valence-electron chi connectivity index (χ1n) is 6.31. The van der Waals surface area contributed by atoms with E-state index in [4.69, 9.17) is 5.73 Å². The molecule has 7 heteroatoms. The van der Waals surface area contributed by atoms with Gasteiger partial charge in [0.1, 0.15) is 11.4 Å². The molecule has 1 aromatic heterocycles. The van der Waals surface area contributed by atoms with Crippen LogP contribution in [0.5, 0.6) is 0 Å². The number of anilines is 2. The van der Waals surface area contributed by atoms with Gasteiger partial charge in [-0.3, -0.25) is 9.89 Å². The van der Waals surface area contributed by atoms with Crippen molar-refractivity contribution in [2.45, 2.75) is 26.2 Å². The quantitative estimate of drug-likeness (QED) is 0.745. The highest BCUT2D eigenvalue weighted by atomic mass is 19.1. The van der Waals surface area contributed by atoms with Crippen molar-refractivity contribution in [1.82, 2.24) is 10.2 Å². The van der Waals surface area contributed by atoms with Crippen LogP contribution in [-0.4, -0.2) is 16.1 Å². The maximum absolute atomic E-state index is 13.8. The van der Waals surface area contributed by atoms with Crippen molar-refractivity contribution >= 4 is 17.4 Å². The van der Waals surface area contributed by atoms with E-state index in [-0.39, 0.29) is 16.9 Å². The van der Waals surface area contributed by atoms with Gasteiger partial charge < -0.3 is 11.1 Å². The summed E-state index contributed by atoms with van der Waals surface area (Å²) in [7, 11) is 0. The van der Waals surface area contributed by atoms with E-state index >= 15 is 0 Å². The van der Waals surface area contributed by atoms with Gasteiger partial charge >= 0.3 is 0 Å². The molecule has 0 bridgehead atoms. The topological polar surface area (TPSA) is 83.8 Å². The number of rotatable bonds is 2. The van der Waals surface area contributed by atoms with Crippen LogP contribution in [-0.2, 0) is 5.41 Å². The van der Waals surface area contributed by atoms with Gasteiger partial charge in [0.05, 0.1) is 5.69 Å². The van der Waals surface area contributed by atoms with Gasteiger partial charge in [-0.25, -0.2) is 8.78 Å². The zero-order chi connectivity index (χ0) is 15.8. The number of halogens is 2. The highest BCUT2D eigenvalue weighted by Gasteiger charge is 2.22. The second kappa shape index (κ2) is 5.16. The number of hydrogen-bond acceptors (Lipinski definition) is 3. The molecule has 0 aliphatic rings. The lowest BCUT2D eigenvalue weighted by molar-refractivity contribution is 0.101. The predicted molar refractivity (Wildman–Crippen MR) is 76.0 cm³/mol. The fourth-order valence-electron chi connectivity index (χ4n) is 1.73. The van der Waals surface area contributed by atoms with E-state index < -0.39 is 23.1 Å². The molecule has 2 rings (SSSR count). The molecule has 0 saturated carbocycles. The number of carbonyl (C=O) groups excluding carboxylic acids is 1. The summed E-state index contributed by atoms with van der Waals surface area (Å²) in [6.45, 7) is 5.88. The molecule has 0 aliphatic heterocycles. The second-order valence-electron chi connectivity index (χ2n) is 5.70. The van der Waals surface area contributed by atoms with Gasteiger partial charge in [0, 0.05) is 17.2 Å². The normalized spacial score (nSPS) is 11.5. The fraction of sp³-hybridized carbons (Fsp3) is 0.286. The highest BCUT2D eigenvalue weighted by molar-refractivity contribution is 6.04. The van der Waals surface area contributed by atoms with Gasteiger partial charge in [-0.2, -0.15) is 5.10 Å². The molecular formula is C14H16F2N4O. The minimum Gasteiger partial charge on any atom is -0.396 e. The molecule has 0 radical (unpaired) electrons. The van der Waals surface area contributed by atoms with Crippen molar-refractivity contribution < 1.29 is 13.6 Å². The number of hydrogen-bond donors (Lipinski definition) is 3. The first kappa shape index (κ1) is 15.0. The Morgan fingerprint density at radius 3 is 2.57 bits per heavy atom. The molecule has 0 atom stereocenters. The molecule has 4 N–H and O–H groups in total. The van der Waals surface area contributed by atoms with Gasteiger partial charge in [-0.15, -0.1) is 0 Å². The summed E-state index contributed by atoms with van der Waals surface area (Å²) in [4.78, 5) is 12.0. The maximum Gasteiger partial charge on any atom is 0.262 e. The number of nitrogens with zero attached hydrogens (tertiary/aromatic N) is 1. The smallest absolute Gasteiger partial charge is 0.262 e. The van der Waals surface area contributed by atoms with Crippen molar-refractivity contribution in [3.8, 4) is 0 Å². The molecule has 0 aliphatic carbocycles. The van der Waals surface area contributed by atoms with Crippen LogP contribution in [0.4, 0.5) is 20.3 Å². The number of carbonyl (C=O) groups is 1. The van der Waals surface area contributed by atoms with Gasteiger partial charge in [0.25, 0.3) is 5.91 Å². The first-order valence-corrected chi connectivity index (χ1v) is 6.31. The van der Waals surface area contributed by atoms with Crippen LogP contribution in [0.15, 0.2) is 18.2 Å². The number of benzene rings is 1. The number of nitrogens with one attached hydrogen (secondary N) is 2. The molecular weight excluding hydrogens is 278 g/mol. The Kier molecular flexibility index (Phi) is 3.67. The van der Waals surface area contributed by atoms with E-state index in [1.165, 1.54) is 0 Å². The minimum atomic E-state index is -1.08. The third kappa shape index (κ3) is 3.01. The predicted octanol–water partition coefficient (Wildman–Crippen LogP) is 2.82. The number of aromatic nitrogens is 2. The number of amides is 1. The van der Waals surface area contributed by atoms with Crippen LogP contribution in [0.1, 0.15) is 36.8 Å². The molecule has 0 fully saturated rings. The van der Waals surface area contributed by atoms with E-state index in [1.54, 1.807) is 6.07 Å². The summed E-state index contributed by atoms with van der Waals surface area (Å²) < 4.78 is 27.3. The first-order chi connectivity index (χ1) is 9.70. The van der Waals surface area contributed by atoms with Crippen LogP contribution in [0.25, 0.3) is 0 Å². The van der Waals surface area contributed by atoms with E-state index in [0.29, 0.717) is 0 Å². The van der Waals surface area contributed by atoms with Crippen molar-refractivity contribution in [3.05, 3.63) is 41.1 Å². The molecule has 0 saturated heterocycles. The Labute approximate surface area is 120 Å². The number of nitrogens with two attached hydrogens (primary N) is 1. The fourth-order valence-corrected chi connectivity index (χ4v) is 1.73. The monoisotopic (exact) mass is 294 g/mol. The number of H-pyrrole nitrogens is 1. The summed E-state index contributed by atoms with van der Waals surface area (Å²) in [6, 6.07) is 3.62. The van der Waals surface area contributed by atoms with E-state index in [2.05, 4.69) is 15.5 Å². The van der Waals surface area contributed by atoms with Crippen molar-refractivity contribution in [2.24, 2.45) is 0 Å². The SMILES string of the molecule is CC(C)(C)c1cc(NC(=O)c2c(F)ccc(N)c2F)n[nH]1. The summed E-state index contributed by atoms with van der Waals surface area (Å²) in [5.41, 5.74) is 4.91. The standard InChI is InChI=1S/C14H16F2N4O/c1-14(2,3)9-6-10(20-19-9)18-13(21)11-7(15)4-5-8(17)12(11)16/h4-6H,17H2,1-3H3,(H2,18,19,20,21). The van der Waals surface area contributed by atoms with Crippen LogP contribution in [0.3, 0.4) is 0 Å². The van der Waals surface area contributed by atoms with Crippen LogP contribution >= 0.6 is 0 Å². The van der Waals surface area contributed by atoms with Gasteiger partial charge in [-0.05, 0) is 12.1 Å². The van der Waals surface area contributed by atoms with Gasteiger partial charge in [-0.1, -0.05) is 20.8 Å². The average Bonchev–Trinajstić information content (AvgIpc) is 2.83. The van der Waals surface area contributed by atoms with Gasteiger partial charge in [0.15, 0.2) is 11.6 Å². The molecule has 1 amide bonds. The largest absolute Gasteiger partial charge is 0.396 e. The molecule has 112 valence electrons. The Morgan fingerprint density at radius 1 is 1.33 bits per heavy atom. The lowest BCUT2D eigenvalue weighted by atomic mass is 9.92. The van der Waals surface area contributed by atoms with Crippen LogP contribution in [0, 0.1) is 11.6 Å². The summed E-state index contributed by atoms with van der Waals surface area (Å²) in [5.74, 6) is -2.82. The molecule has 21 heavy (non-hydrogen) atoms. The zero-order valence-electron chi connectivity index (χ0n) is 11.9. The van der Waals surface area contributed by atoms with Crippen molar-refractivity contribution in [3.63, 3.8) is 0 Å².